The fourth-order valence-electron chi connectivity index (χ4n) is 2.76. The fraction of sp³-hybridized carbons (Fsp3) is 0.957. The Bertz CT molecular complexity index is 320. The monoisotopic (exact) mass is 402 g/mol. The molecule has 0 aromatic heterocycles. The SMILES string of the molecule is CCCCCOCCOCCOCCCC(=O)OCCCCCCCC(C)C. The van der Waals surface area contributed by atoms with Crippen LogP contribution in [0.1, 0.15) is 91.4 Å². The first kappa shape index (κ1) is 27.4. The van der Waals surface area contributed by atoms with E-state index in [1.54, 1.807) is 0 Å². The van der Waals surface area contributed by atoms with Crippen molar-refractivity contribution in [1.29, 1.82) is 0 Å². The molecular weight excluding hydrogens is 356 g/mol. The lowest BCUT2D eigenvalue weighted by Crippen LogP contribution is -2.11. The van der Waals surface area contributed by atoms with Gasteiger partial charge in [-0.3, -0.25) is 4.79 Å². The topological polar surface area (TPSA) is 54.0 Å². The molecule has 168 valence electrons. The van der Waals surface area contributed by atoms with Crippen LogP contribution in [-0.2, 0) is 23.7 Å². The first-order valence-electron chi connectivity index (χ1n) is 11.6. The molecule has 5 heteroatoms. The van der Waals surface area contributed by atoms with Crippen LogP contribution in [0.5, 0.6) is 0 Å². The Labute approximate surface area is 173 Å². The Morgan fingerprint density at radius 3 is 1.82 bits per heavy atom. The zero-order valence-corrected chi connectivity index (χ0v) is 18.8. The Morgan fingerprint density at radius 2 is 1.18 bits per heavy atom. The van der Waals surface area contributed by atoms with Gasteiger partial charge in [0, 0.05) is 19.6 Å². The van der Waals surface area contributed by atoms with Crippen LogP contribution in [0.3, 0.4) is 0 Å². The van der Waals surface area contributed by atoms with Gasteiger partial charge >= 0.3 is 5.97 Å². The van der Waals surface area contributed by atoms with Gasteiger partial charge in [0.2, 0.25) is 0 Å². The molecule has 0 radical (unpaired) electrons. The first-order valence-corrected chi connectivity index (χ1v) is 11.6. The average Bonchev–Trinajstić information content (AvgIpc) is 2.67. The predicted molar refractivity (Wildman–Crippen MR) is 115 cm³/mol. The number of unbranched alkanes of at least 4 members (excludes halogenated alkanes) is 6. The van der Waals surface area contributed by atoms with Crippen molar-refractivity contribution in [3.8, 4) is 0 Å². The second kappa shape index (κ2) is 22.6. The maximum absolute atomic E-state index is 11.6. The zero-order chi connectivity index (χ0) is 20.7. The second-order valence-electron chi connectivity index (χ2n) is 7.82. The Balaban J connectivity index is 3.15. The highest BCUT2D eigenvalue weighted by molar-refractivity contribution is 5.69. The minimum Gasteiger partial charge on any atom is -0.466 e. The molecule has 0 saturated heterocycles. The van der Waals surface area contributed by atoms with Crippen LogP contribution in [-0.4, -0.2) is 52.2 Å². The van der Waals surface area contributed by atoms with Gasteiger partial charge < -0.3 is 18.9 Å². The van der Waals surface area contributed by atoms with Crippen LogP contribution in [0.25, 0.3) is 0 Å². The summed E-state index contributed by atoms with van der Waals surface area (Å²) in [4.78, 5) is 11.6. The Morgan fingerprint density at radius 1 is 0.643 bits per heavy atom. The number of esters is 1. The zero-order valence-electron chi connectivity index (χ0n) is 18.8. The van der Waals surface area contributed by atoms with E-state index in [1.807, 2.05) is 0 Å². The molecule has 0 amide bonds. The highest BCUT2D eigenvalue weighted by Gasteiger charge is 2.02. The fourth-order valence-corrected chi connectivity index (χ4v) is 2.76. The molecule has 0 aliphatic heterocycles. The smallest absolute Gasteiger partial charge is 0.305 e. The summed E-state index contributed by atoms with van der Waals surface area (Å²) >= 11 is 0. The van der Waals surface area contributed by atoms with Crippen molar-refractivity contribution in [1.82, 2.24) is 0 Å². The van der Waals surface area contributed by atoms with Crippen LogP contribution >= 0.6 is 0 Å². The molecule has 0 bridgehead atoms. The maximum atomic E-state index is 11.6. The van der Waals surface area contributed by atoms with Crippen molar-refractivity contribution in [3.05, 3.63) is 0 Å². The van der Waals surface area contributed by atoms with Crippen LogP contribution in [0.4, 0.5) is 0 Å². The molecule has 28 heavy (non-hydrogen) atoms. The van der Waals surface area contributed by atoms with E-state index in [2.05, 4.69) is 20.8 Å². The van der Waals surface area contributed by atoms with Crippen LogP contribution in [0.15, 0.2) is 0 Å². The minimum atomic E-state index is -0.111. The Kier molecular flexibility index (Phi) is 22.1. The number of hydrogen-bond donors (Lipinski definition) is 0. The van der Waals surface area contributed by atoms with Crippen LogP contribution in [0.2, 0.25) is 0 Å². The van der Waals surface area contributed by atoms with Crippen molar-refractivity contribution in [2.24, 2.45) is 5.92 Å². The van der Waals surface area contributed by atoms with Crippen molar-refractivity contribution >= 4 is 5.97 Å². The molecule has 0 rings (SSSR count). The van der Waals surface area contributed by atoms with Gasteiger partial charge in [0.1, 0.15) is 0 Å². The molecule has 0 aliphatic carbocycles. The summed E-state index contributed by atoms with van der Waals surface area (Å²) in [5.41, 5.74) is 0. The normalized spacial score (nSPS) is 11.3. The van der Waals surface area contributed by atoms with Gasteiger partial charge in [0.15, 0.2) is 0 Å². The number of carbonyl (C=O) groups excluding carboxylic acids is 1. The number of ether oxygens (including phenoxy) is 4. The molecule has 0 fully saturated rings. The lowest BCUT2D eigenvalue weighted by Gasteiger charge is -2.07. The minimum absolute atomic E-state index is 0.111. The molecule has 0 aromatic rings. The van der Waals surface area contributed by atoms with Crippen molar-refractivity contribution in [3.63, 3.8) is 0 Å². The highest BCUT2D eigenvalue weighted by atomic mass is 16.5. The lowest BCUT2D eigenvalue weighted by atomic mass is 10.0. The van der Waals surface area contributed by atoms with Gasteiger partial charge in [-0.15, -0.1) is 0 Å². The third-order valence-corrected chi connectivity index (χ3v) is 4.49. The van der Waals surface area contributed by atoms with E-state index < -0.39 is 0 Å². The lowest BCUT2D eigenvalue weighted by molar-refractivity contribution is -0.144. The third-order valence-electron chi connectivity index (χ3n) is 4.49. The second-order valence-corrected chi connectivity index (χ2v) is 7.82. The molecule has 0 heterocycles. The summed E-state index contributed by atoms with van der Waals surface area (Å²) in [5, 5.41) is 0. The van der Waals surface area contributed by atoms with E-state index in [4.69, 9.17) is 18.9 Å². The summed E-state index contributed by atoms with van der Waals surface area (Å²) in [5.74, 6) is 0.692. The summed E-state index contributed by atoms with van der Waals surface area (Å²) in [7, 11) is 0. The molecule has 0 aromatic carbocycles. The molecule has 0 N–H and O–H groups in total. The predicted octanol–water partition coefficient (Wildman–Crippen LogP) is 5.55. The third kappa shape index (κ3) is 23.4. The quantitative estimate of drug-likeness (QED) is 0.176. The number of rotatable bonds is 22. The summed E-state index contributed by atoms with van der Waals surface area (Å²) in [6.45, 7) is 11.1. The molecular formula is C23H46O5. The molecule has 0 saturated carbocycles. The maximum Gasteiger partial charge on any atom is 0.305 e. The van der Waals surface area contributed by atoms with E-state index in [0.717, 1.165) is 31.8 Å². The van der Waals surface area contributed by atoms with Crippen LogP contribution in [0, 0.1) is 5.92 Å². The van der Waals surface area contributed by atoms with Crippen molar-refractivity contribution in [2.45, 2.75) is 91.4 Å². The largest absolute Gasteiger partial charge is 0.466 e. The number of carbonyl (C=O) groups is 1. The summed E-state index contributed by atoms with van der Waals surface area (Å²) in [6, 6.07) is 0. The summed E-state index contributed by atoms with van der Waals surface area (Å²) < 4.78 is 21.6. The van der Waals surface area contributed by atoms with Crippen LogP contribution < -0.4 is 0 Å². The standard InChI is InChI=1S/C23H46O5/c1-4-5-10-15-25-18-20-27-21-19-26-16-12-14-23(24)28-17-11-8-6-7-9-13-22(2)3/h22H,4-21H2,1-3H3. The molecule has 0 spiro atoms. The van der Waals surface area contributed by atoms with Gasteiger partial charge in [0.05, 0.1) is 33.0 Å². The van der Waals surface area contributed by atoms with Gasteiger partial charge in [-0.25, -0.2) is 0 Å². The van der Waals surface area contributed by atoms with Gasteiger partial charge in [-0.05, 0) is 25.2 Å². The van der Waals surface area contributed by atoms with E-state index in [9.17, 15) is 4.79 Å². The van der Waals surface area contributed by atoms with E-state index in [1.165, 1.54) is 38.5 Å². The van der Waals surface area contributed by atoms with Gasteiger partial charge in [-0.2, -0.15) is 0 Å². The number of hydrogen-bond acceptors (Lipinski definition) is 5. The average molecular weight is 403 g/mol. The first-order chi connectivity index (χ1) is 13.7. The molecule has 0 unspecified atom stereocenters. The van der Waals surface area contributed by atoms with E-state index >= 15 is 0 Å². The highest BCUT2D eigenvalue weighted by Crippen LogP contribution is 2.10. The van der Waals surface area contributed by atoms with Gasteiger partial charge in [-0.1, -0.05) is 65.7 Å². The van der Waals surface area contributed by atoms with Gasteiger partial charge in [0.25, 0.3) is 0 Å². The van der Waals surface area contributed by atoms with E-state index in [0.29, 0.717) is 52.5 Å². The molecule has 0 atom stereocenters. The molecule has 0 aliphatic rings. The van der Waals surface area contributed by atoms with Crippen molar-refractivity contribution < 1.29 is 23.7 Å². The molecule has 5 nitrogen and oxygen atoms in total. The Hall–Kier alpha value is -0.650. The summed E-state index contributed by atoms with van der Waals surface area (Å²) in [6.07, 6.45) is 12.0. The van der Waals surface area contributed by atoms with E-state index in [-0.39, 0.29) is 5.97 Å². The van der Waals surface area contributed by atoms with Crippen molar-refractivity contribution in [2.75, 3.05) is 46.2 Å².